The smallest absolute Gasteiger partial charge is 0.241 e. The Hall–Kier alpha value is -1.16. The van der Waals surface area contributed by atoms with Gasteiger partial charge in [0.1, 0.15) is 0 Å². The summed E-state index contributed by atoms with van der Waals surface area (Å²) in [6.45, 7) is 4.91. The SMILES string of the molecule is CNS(=O)(=O)CCNS(=O)(=O)c1c(C)cc(C)c(N)c1C. The minimum Gasteiger partial charge on any atom is -0.398 e. The summed E-state index contributed by atoms with van der Waals surface area (Å²) in [5.41, 5.74) is 8.14. The summed E-state index contributed by atoms with van der Waals surface area (Å²) in [7, 11) is -6.00. The molecule has 0 aromatic heterocycles. The van der Waals surface area contributed by atoms with Gasteiger partial charge in [0, 0.05) is 12.2 Å². The number of benzene rings is 1. The Morgan fingerprint density at radius 3 is 2.19 bits per heavy atom. The normalized spacial score (nSPS) is 12.6. The van der Waals surface area contributed by atoms with Crippen molar-refractivity contribution in [1.29, 1.82) is 0 Å². The molecule has 0 aliphatic carbocycles. The largest absolute Gasteiger partial charge is 0.398 e. The molecule has 1 aromatic rings. The summed E-state index contributed by atoms with van der Waals surface area (Å²) in [6.07, 6.45) is 0. The Bertz CT molecular complexity index is 740. The van der Waals surface area contributed by atoms with E-state index in [1.807, 2.05) is 0 Å². The van der Waals surface area contributed by atoms with Gasteiger partial charge in [-0.3, -0.25) is 0 Å². The van der Waals surface area contributed by atoms with E-state index < -0.39 is 20.0 Å². The molecule has 0 aliphatic heterocycles. The van der Waals surface area contributed by atoms with E-state index in [9.17, 15) is 16.8 Å². The number of aryl methyl sites for hydroxylation is 2. The average molecular weight is 335 g/mol. The molecule has 0 saturated heterocycles. The summed E-state index contributed by atoms with van der Waals surface area (Å²) in [5.74, 6) is -0.331. The van der Waals surface area contributed by atoms with Crippen molar-refractivity contribution in [2.45, 2.75) is 25.7 Å². The Labute approximate surface area is 126 Å². The van der Waals surface area contributed by atoms with Crippen LogP contribution in [-0.2, 0) is 20.0 Å². The lowest BCUT2D eigenvalue weighted by Crippen LogP contribution is -2.33. The predicted molar refractivity (Wildman–Crippen MR) is 83.1 cm³/mol. The highest BCUT2D eigenvalue weighted by Gasteiger charge is 2.22. The summed E-state index contributed by atoms with van der Waals surface area (Å²) >= 11 is 0. The molecule has 0 unspecified atom stereocenters. The zero-order valence-electron chi connectivity index (χ0n) is 12.5. The number of hydrogen-bond acceptors (Lipinski definition) is 5. The van der Waals surface area contributed by atoms with Crippen LogP contribution in [0, 0.1) is 20.8 Å². The van der Waals surface area contributed by atoms with Crippen LogP contribution in [0.5, 0.6) is 0 Å². The van der Waals surface area contributed by atoms with E-state index >= 15 is 0 Å². The molecule has 0 amide bonds. The molecule has 0 radical (unpaired) electrons. The highest BCUT2D eigenvalue weighted by Crippen LogP contribution is 2.27. The van der Waals surface area contributed by atoms with E-state index in [0.29, 0.717) is 16.8 Å². The fourth-order valence-corrected chi connectivity index (χ4v) is 4.30. The Kier molecular flexibility index (Phi) is 5.37. The van der Waals surface area contributed by atoms with Crippen molar-refractivity contribution in [3.8, 4) is 0 Å². The first-order chi connectivity index (χ1) is 9.52. The monoisotopic (exact) mass is 335 g/mol. The van der Waals surface area contributed by atoms with E-state index in [0.717, 1.165) is 5.56 Å². The lowest BCUT2D eigenvalue weighted by atomic mass is 10.1. The van der Waals surface area contributed by atoms with Crippen molar-refractivity contribution in [2.24, 2.45) is 0 Å². The Morgan fingerprint density at radius 2 is 1.67 bits per heavy atom. The molecule has 9 heteroatoms. The first kappa shape index (κ1) is 17.9. The van der Waals surface area contributed by atoms with Crippen LogP contribution in [-0.4, -0.2) is 36.2 Å². The van der Waals surface area contributed by atoms with Crippen LogP contribution < -0.4 is 15.2 Å². The lowest BCUT2D eigenvalue weighted by molar-refractivity contribution is 0.578. The van der Waals surface area contributed by atoms with Crippen LogP contribution in [0.15, 0.2) is 11.0 Å². The van der Waals surface area contributed by atoms with Crippen LogP contribution in [0.3, 0.4) is 0 Å². The second-order valence-corrected chi connectivity index (χ2v) is 8.55. The highest BCUT2D eigenvalue weighted by atomic mass is 32.2. The van der Waals surface area contributed by atoms with Crippen LogP contribution in [0.2, 0.25) is 0 Å². The van der Waals surface area contributed by atoms with Crippen LogP contribution in [0.25, 0.3) is 0 Å². The molecule has 7 nitrogen and oxygen atoms in total. The first-order valence-corrected chi connectivity index (χ1v) is 9.42. The fraction of sp³-hybridized carbons (Fsp3) is 0.500. The van der Waals surface area contributed by atoms with Gasteiger partial charge in [0.15, 0.2) is 0 Å². The van der Waals surface area contributed by atoms with E-state index in [1.165, 1.54) is 7.05 Å². The molecule has 120 valence electrons. The lowest BCUT2D eigenvalue weighted by Gasteiger charge is -2.15. The molecular weight excluding hydrogens is 314 g/mol. The second-order valence-electron chi connectivity index (χ2n) is 4.80. The molecule has 0 fully saturated rings. The third-order valence-corrected chi connectivity index (χ3v) is 6.32. The molecule has 1 aromatic carbocycles. The van der Waals surface area contributed by atoms with Gasteiger partial charge in [-0.25, -0.2) is 26.3 Å². The van der Waals surface area contributed by atoms with Crippen molar-refractivity contribution < 1.29 is 16.8 Å². The zero-order chi connectivity index (χ0) is 16.4. The quantitative estimate of drug-likeness (QED) is 0.633. The molecule has 0 spiro atoms. The summed E-state index contributed by atoms with van der Waals surface area (Å²) < 4.78 is 51.7. The van der Waals surface area contributed by atoms with Crippen LogP contribution in [0.4, 0.5) is 5.69 Å². The standard InChI is InChI=1S/C12H21N3O4S2/c1-8-7-9(2)12(10(3)11(8)13)21(18,19)15-5-6-20(16,17)14-4/h7,14-15H,5-6,13H2,1-4H3. The van der Waals surface area contributed by atoms with Gasteiger partial charge in [0.2, 0.25) is 20.0 Å². The maximum atomic E-state index is 12.3. The number of sulfonamides is 2. The maximum absolute atomic E-state index is 12.3. The molecular formula is C12H21N3O4S2. The Morgan fingerprint density at radius 1 is 1.10 bits per heavy atom. The highest BCUT2D eigenvalue weighted by molar-refractivity contribution is 7.90. The van der Waals surface area contributed by atoms with Gasteiger partial charge in [-0.15, -0.1) is 0 Å². The van der Waals surface area contributed by atoms with Crippen molar-refractivity contribution >= 4 is 25.7 Å². The summed E-state index contributed by atoms with van der Waals surface area (Å²) in [6, 6.07) is 1.70. The van der Waals surface area contributed by atoms with Crippen molar-refractivity contribution in [3.05, 3.63) is 22.8 Å². The van der Waals surface area contributed by atoms with Gasteiger partial charge >= 0.3 is 0 Å². The van der Waals surface area contributed by atoms with Gasteiger partial charge in [0.05, 0.1) is 10.6 Å². The number of hydrogen-bond donors (Lipinski definition) is 3. The van der Waals surface area contributed by atoms with Gasteiger partial charge < -0.3 is 5.73 Å². The van der Waals surface area contributed by atoms with Gasteiger partial charge in [-0.05, 0) is 44.5 Å². The van der Waals surface area contributed by atoms with Gasteiger partial charge in [-0.1, -0.05) is 6.07 Å². The number of nitrogen functional groups attached to an aromatic ring is 1. The predicted octanol–water partition coefficient (Wildman–Crippen LogP) is 0.0216. The first-order valence-electron chi connectivity index (χ1n) is 6.29. The van der Waals surface area contributed by atoms with Crippen LogP contribution >= 0.6 is 0 Å². The van der Waals surface area contributed by atoms with E-state index in [4.69, 9.17) is 5.73 Å². The number of rotatable bonds is 6. The third-order valence-electron chi connectivity index (χ3n) is 3.20. The number of anilines is 1. The number of nitrogens with two attached hydrogens (primary N) is 1. The minimum absolute atomic E-state index is 0.104. The van der Waals surface area contributed by atoms with E-state index in [-0.39, 0.29) is 17.2 Å². The number of nitrogens with one attached hydrogen (secondary N) is 2. The molecule has 1 rings (SSSR count). The Balaban J connectivity index is 3.08. The van der Waals surface area contributed by atoms with E-state index in [1.54, 1.807) is 26.8 Å². The molecule has 21 heavy (non-hydrogen) atoms. The summed E-state index contributed by atoms with van der Waals surface area (Å²) in [5, 5.41) is 0. The second kappa shape index (κ2) is 6.30. The van der Waals surface area contributed by atoms with Crippen molar-refractivity contribution in [1.82, 2.24) is 9.44 Å². The molecule has 0 atom stereocenters. The molecule has 0 aliphatic rings. The maximum Gasteiger partial charge on any atom is 0.241 e. The molecule has 0 heterocycles. The molecule has 4 N–H and O–H groups in total. The zero-order valence-corrected chi connectivity index (χ0v) is 14.2. The van der Waals surface area contributed by atoms with Gasteiger partial charge in [0.25, 0.3) is 0 Å². The third kappa shape index (κ3) is 4.16. The fourth-order valence-electron chi connectivity index (χ4n) is 2.08. The van der Waals surface area contributed by atoms with E-state index in [2.05, 4.69) is 9.44 Å². The topological polar surface area (TPSA) is 118 Å². The van der Waals surface area contributed by atoms with Gasteiger partial charge in [-0.2, -0.15) is 0 Å². The average Bonchev–Trinajstić information content (AvgIpc) is 2.35. The van der Waals surface area contributed by atoms with Crippen LogP contribution in [0.1, 0.15) is 16.7 Å². The summed E-state index contributed by atoms with van der Waals surface area (Å²) in [4.78, 5) is 0.104. The van der Waals surface area contributed by atoms with Crippen molar-refractivity contribution in [3.63, 3.8) is 0 Å². The minimum atomic E-state index is -3.81. The molecule has 0 bridgehead atoms. The van der Waals surface area contributed by atoms with Crippen molar-refractivity contribution in [2.75, 3.05) is 25.1 Å². The molecule has 0 saturated carbocycles.